The molecule has 7 nitrogen and oxygen atoms in total. The summed E-state index contributed by atoms with van der Waals surface area (Å²) in [7, 11) is 0. The van der Waals surface area contributed by atoms with E-state index in [4.69, 9.17) is 9.72 Å². The summed E-state index contributed by atoms with van der Waals surface area (Å²) >= 11 is 0. The van der Waals surface area contributed by atoms with Gasteiger partial charge < -0.3 is 19.9 Å². The van der Waals surface area contributed by atoms with Gasteiger partial charge in [0.1, 0.15) is 12.3 Å². The predicted molar refractivity (Wildman–Crippen MR) is 123 cm³/mol. The number of piperidine rings is 1. The van der Waals surface area contributed by atoms with E-state index in [9.17, 15) is 13.2 Å². The van der Waals surface area contributed by atoms with Crippen molar-refractivity contribution in [3.8, 4) is 5.75 Å². The highest BCUT2D eigenvalue weighted by Crippen LogP contribution is 2.32. The Hall–Kier alpha value is -3.56. The first kappa shape index (κ1) is 22.2. The number of anilines is 3. The van der Waals surface area contributed by atoms with Gasteiger partial charge in [0, 0.05) is 37.6 Å². The molecule has 4 heterocycles. The molecular formula is C24H25F3N6O. The topological polar surface area (TPSA) is 66.4 Å². The van der Waals surface area contributed by atoms with Crippen LogP contribution in [0.15, 0.2) is 54.9 Å². The van der Waals surface area contributed by atoms with E-state index in [0.717, 1.165) is 37.8 Å². The van der Waals surface area contributed by atoms with Gasteiger partial charge in [-0.2, -0.15) is 18.2 Å². The van der Waals surface area contributed by atoms with Gasteiger partial charge in [0.15, 0.2) is 11.6 Å². The molecule has 1 fully saturated rings. The minimum atomic E-state index is -4.45. The number of alkyl halides is 3. The number of aromatic nitrogens is 3. The van der Waals surface area contributed by atoms with Gasteiger partial charge in [0.2, 0.25) is 5.95 Å². The fourth-order valence-corrected chi connectivity index (χ4v) is 4.32. The zero-order valence-corrected chi connectivity index (χ0v) is 18.5. The van der Waals surface area contributed by atoms with Gasteiger partial charge >= 0.3 is 6.18 Å². The molecule has 2 aliphatic heterocycles. The van der Waals surface area contributed by atoms with Crippen LogP contribution >= 0.6 is 0 Å². The Balaban J connectivity index is 1.23. The van der Waals surface area contributed by atoms with E-state index in [1.165, 1.54) is 11.8 Å². The number of fused-ring (bicyclic) bond motifs is 1. The smallest absolute Gasteiger partial charge is 0.433 e. The zero-order chi connectivity index (χ0) is 23.5. The molecule has 3 aromatic rings. The average molecular weight is 470 g/mol. The average Bonchev–Trinajstić information content (AvgIpc) is 2.85. The molecule has 1 N–H and O–H groups in total. The maximum atomic E-state index is 13.0. The van der Waals surface area contributed by atoms with Crippen LogP contribution in [-0.4, -0.2) is 47.2 Å². The third kappa shape index (κ3) is 5.00. The fraction of sp³-hybridized carbons (Fsp3) is 0.375. The number of halogens is 3. The number of nitrogens with one attached hydrogen (secondary N) is 1. The molecular weight excluding hydrogens is 445 g/mol. The molecule has 0 atom stereocenters. The van der Waals surface area contributed by atoms with E-state index in [2.05, 4.69) is 32.3 Å². The van der Waals surface area contributed by atoms with E-state index in [1.807, 2.05) is 23.1 Å². The van der Waals surface area contributed by atoms with Crippen molar-refractivity contribution in [2.45, 2.75) is 31.6 Å². The van der Waals surface area contributed by atoms with Crippen LogP contribution in [0.3, 0.4) is 0 Å². The second-order valence-electron chi connectivity index (χ2n) is 8.44. The summed E-state index contributed by atoms with van der Waals surface area (Å²) in [6.07, 6.45) is -0.0141. The van der Waals surface area contributed by atoms with Crippen molar-refractivity contribution in [2.75, 3.05) is 41.4 Å². The van der Waals surface area contributed by atoms with Gasteiger partial charge in [-0.05, 0) is 30.5 Å². The van der Waals surface area contributed by atoms with Gasteiger partial charge in [0.05, 0.1) is 12.7 Å². The fourth-order valence-electron chi connectivity index (χ4n) is 4.32. The highest BCUT2D eigenvalue weighted by Gasteiger charge is 2.33. The quantitative estimate of drug-likeness (QED) is 0.594. The molecule has 10 heteroatoms. The molecule has 0 aliphatic carbocycles. The number of pyridine rings is 1. The molecule has 0 unspecified atom stereocenters. The van der Waals surface area contributed by atoms with E-state index >= 15 is 0 Å². The van der Waals surface area contributed by atoms with Gasteiger partial charge in [-0.1, -0.05) is 30.3 Å². The van der Waals surface area contributed by atoms with Gasteiger partial charge in [-0.3, -0.25) is 4.98 Å². The lowest BCUT2D eigenvalue weighted by molar-refractivity contribution is -0.141. The molecule has 2 aromatic heterocycles. The Morgan fingerprint density at radius 3 is 2.59 bits per heavy atom. The van der Waals surface area contributed by atoms with E-state index < -0.39 is 11.9 Å². The summed E-state index contributed by atoms with van der Waals surface area (Å²) in [5.74, 6) is 1.96. The Morgan fingerprint density at radius 2 is 1.82 bits per heavy atom. The van der Waals surface area contributed by atoms with Crippen LogP contribution in [0, 0.1) is 0 Å². The standard InChI is InChI=1S/C24H25F3N6O/c25-24(26,27)21-14-19(6-9-28-21)32-10-7-18(8-11-32)30-23-29-15-20-22(31-23)33(12-13-34-20)16-17-4-2-1-3-5-17/h1-6,9,14-15,18H,7-8,10-13,16H2,(H,29,30,31). The van der Waals surface area contributed by atoms with Crippen LogP contribution in [0.25, 0.3) is 0 Å². The maximum Gasteiger partial charge on any atom is 0.433 e. The Labute approximate surface area is 195 Å². The Bertz CT molecular complexity index is 1120. The van der Waals surface area contributed by atoms with Crippen molar-refractivity contribution in [2.24, 2.45) is 0 Å². The van der Waals surface area contributed by atoms with Crippen LogP contribution < -0.4 is 19.9 Å². The van der Waals surface area contributed by atoms with Crippen molar-refractivity contribution in [1.82, 2.24) is 15.0 Å². The largest absolute Gasteiger partial charge is 0.486 e. The molecule has 0 amide bonds. The van der Waals surface area contributed by atoms with Crippen molar-refractivity contribution < 1.29 is 17.9 Å². The number of nitrogens with zero attached hydrogens (tertiary/aromatic N) is 5. The molecule has 5 rings (SSSR count). The lowest BCUT2D eigenvalue weighted by Crippen LogP contribution is -2.39. The van der Waals surface area contributed by atoms with Crippen molar-refractivity contribution in [3.63, 3.8) is 0 Å². The second kappa shape index (κ2) is 9.36. The van der Waals surface area contributed by atoms with Crippen molar-refractivity contribution in [3.05, 3.63) is 66.1 Å². The molecule has 2 aliphatic rings. The summed E-state index contributed by atoms with van der Waals surface area (Å²) in [5, 5.41) is 3.40. The number of rotatable bonds is 5. The monoisotopic (exact) mass is 470 g/mol. The van der Waals surface area contributed by atoms with Crippen LogP contribution in [0.1, 0.15) is 24.1 Å². The van der Waals surface area contributed by atoms with Crippen molar-refractivity contribution in [1.29, 1.82) is 0 Å². The summed E-state index contributed by atoms with van der Waals surface area (Å²) in [6, 6.07) is 13.1. The lowest BCUT2D eigenvalue weighted by Gasteiger charge is -2.34. The van der Waals surface area contributed by atoms with Crippen LogP contribution in [-0.2, 0) is 12.7 Å². The number of hydrogen-bond donors (Lipinski definition) is 1. The molecule has 1 saturated heterocycles. The number of ether oxygens (including phenoxy) is 1. The van der Waals surface area contributed by atoms with E-state index in [1.54, 1.807) is 12.3 Å². The highest BCUT2D eigenvalue weighted by molar-refractivity contribution is 5.56. The number of hydrogen-bond acceptors (Lipinski definition) is 7. The summed E-state index contributed by atoms with van der Waals surface area (Å²) in [4.78, 5) is 16.7. The molecule has 178 valence electrons. The maximum absolute atomic E-state index is 13.0. The first-order chi connectivity index (χ1) is 16.5. The zero-order valence-electron chi connectivity index (χ0n) is 18.5. The minimum Gasteiger partial charge on any atom is -0.486 e. The Kier molecular flexibility index (Phi) is 6.12. The van der Waals surface area contributed by atoms with Crippen LogP contribution in [0.5, 0.6) is 5.75 Å². The van der Waals surface area contributed by atoms with Crippen LogP contribution in [0.2, 0.25) is 0 Å². The molecule has 0 bridgehead atoms. The lowest BCUT2D eigenvalue weighted by atomic mass is 10.0. The van der Waals surface area contributed by atoms with Gasteiger partial charge in [0.25, 0.3) is 0 Å². The number of benzene rings is 1. The summed E-state index contributed by atoms with van der Waals surface area (Å²) < 4.78 is 44.7. The molecule has 0 saturated carbocycles. The summed E-state index contributed by atoms with van der Waals surface area (Å²) in [6.45, 7) is 3.32. The molecule has 0 radical (unpaired) electrons. The summed E-state index contributed by atoms with van der Waals surface area (Å²) in [5.41, 5.74) is 0.870. The first-order valence-corrected chi connectivity index (χ1v) is 11.3. The van der Waals surface area contributed by atoms with Crippen LogP contribution in [0.4, 0.5) is 30.6 Å². The first-order valence-electron chi connectivity index (χ1n) is 11.3. The molecule has 1 aromatic carbocycles. The third-order valence-electron chi connectivity index (χ3n) is 6.10. The van der Waals surface area contributed by atoms with E-state index in [0.29, 0.717) is 37.1 Å². The van der Waals surface area contributed by atoms with Crippen molar-refractivity contribution >= 4 is 17.5 Å². The normalized spacial score (nSPS) is 16.7. The van der Waals surface area contributed by atoms with E-state index in [-0.39, 0.29) is 6.04 Å². The highest BCUT2D eigenvalue weighted by atomic mass is 19.4. The molecule has 34 heavy (non-hydrogen) atoms. The van der Waals surface area contributed by atoms with Gasteiger partial charge in [-0.15, -0.1) is 0 Å². The third-order valence-corrected chi connectivity index (χ3v) is 6.10. The Morgan fingerprint density at radius 1 is 1.03 bits per heavy atom. The minimum absolute atomic E-state index is 0.130. The van der Waals surface area contributed by atoms with Gasteiger partial charge in [-0.25, -0.2) is 4.98 Å². The second-order valence-corrected chi connectivity index (χ2v) is 8.44. The predicted octanol–water partition coefficient (Wildman–Crippen LogP) is 4.37. The molecule has 0 spiro atoms. The SMILES string of the molecule is FC(F)(F)c1cc(N2CCC(Nc3ncc4c(n3)N(Cc3ccccc3)CCO4)CC2)ccn1.